The molecule has 2 rings (SSSR count). The highest BCUT2D eigenvalue weighted by atomic mass is 79.9. The average Bonchev–Trinajstić information content (AvgIpc) is 2.81. The molecule has 0 aliphatic heterocycles. The van der Waals surface area contributed by atoms with Crippen LogP contribution in [0.1, 0.15) is 16.1 Å². The lowest BCUT2D eigenvalue weighted by Crippen LogP contribution is -2.23. The molecule has 5 heteroatoms. The molecule has 1 amide bonds. The molecule has 16 heavy (non-hydrogen) atoms. The van der Waals surface area contributed by atoms with Gasteiger partial charge in [-0.05, 0) is 17.7 Å². The number of rotatable bonds is 3. The zero-order valence-corrected chi connectivity index (χ0v) is 9.99. The largest absolute Gasteiger partial charge is 0.347 e. The molecule has 0 saturated carbocycles. The van der Waals surface area contributed by atoms with Gasteiger partial charge in [-0.3, -0.25) is 9.89 Å². The molecule has 1 heterocycles. The average molecular weight is 280 g/mol. The van der Waals surface area contributed by atoms with Gasteiger partial charge in [0.2, 0.25) is 0 Å². The molecule has 0 fully saturated rings. The van der Waals surface area contributed by atoms with Gasteiger partial charge in [-0.15, -0.1) is 0 Å². The molecule has 0 unspecified atom stereocenters. The molecular weight excluding hydrogens is 270 g/mol. The van der Waals surface area contributed by atoms with Crippen molar-refractivity contribution >= 4 is 21.8 Å². The van der Waals surface area contributed by atoms with Crippen LogP contribution in [0.3, 0.4) is 0 Å². The fourth-order valence-electron chi connectivity index (χ4n) is 1.29. The predicted molar refractivity (Wildman–Crippen MR) is 63.9 cm³/mol. The van der Waals surface area contributed by atoms with Gasteiger partial charge in [0.25, 0.3) is 5.91 Å². The third-order valence-corrected chi connectivity index (χ3v) is 2.92. The number of nitrogens with zero attached hydrogens (tertiary/aromatic N) is 1. The quantitative estimate of drug-likeness (QED) is 0.904. The first-order valence-electron chi connectivity index (χ1n) is 4.78. The number of carbonyl (C=O) groups is 1. The number of nitrogens with one attached hydrogen (secondary N) is 2. The van der Waals surface area contributed by atoms with Crippen molar-refractivity contribution in [3.63, 3.8) is 0 Å². The van der Waals surface area contributed by atoms with Crippen LogP contribution in [-0.4, -0.2) is 16.1 Å². The van der Waals surface area contributed by atoms with Gasteiger partial charge in [0.05, 0.1) is 0 Å². The summed E-state index contributed by atoms with van der Waals surface area (Å²) in [5, 5.41) is 9.14. The first kappa shape index (κ1) is 10.9. The summed E-state index contributed by atoms with van der Waals surface area (Å²) >= 11 is 3.42. The van der Waals surface area contributed by atoms with Gasteiger partial charge >= 0.3 is 0 Å². The summed E-state index contributed by atoms with van der Waals surface area (Å²) < 4.78 is 0.986. The van der Waals surface area contributed by atoms with Crippen molar-refractivity contribution in [2.24, 2.45) is 0 Å². The van der Waals surface area contributed by atoms with Crippen molar-refractivity contribution in [3.8, 4) is 0 Å². The highest BCUT2D eigenvalue weighted by Gasteiger charge is 2.06. The van der Waals surface area contributed by atoms with Crippen molar-refractivity contribution < 1.29 is 4.79 Å². The monoisotopic (exact) mass is 279 g/mol. The smallest absolute Gasteiger partial charge is 0.269 e. The molecule has 0 aliphatic carbocycles. The molecule has 0 saturated heterocycles. The van der Waals surface area contributed by atoms with E-state index in [0.717, 1.165) is 10.0 Å². The van der Waals surface area contributed by atoms with Crippen LogP contribution in [0.15, 0.2) is 41.0 Å². The van der Waals surface area contributed by atoms with Crippen molar-refractivity contribution in [2.75, 3.05) is 0 Å². The second kappa shape index (κ2) is 4.94. The summed E-state index contributed by atoms with van der Waals surface area (Å²) in [5.41, 5.74) is 1.50. The van der Waals surface area contributed by atoms with E-state index in [0.29, 0.717) is 12.2 Å². The summed E-state index contributed by atoms with van der Waals surface area (Å²) in [6.07, 6.45) is 1.55. The fraction of sp³-hybridized carbons (Fsp3) is 0.0909. The van der Waals surface area contributed by atoms with Gasteiger partial charge in [0, 0.05) is 17.2 Å². The number of aromatic amines is 1. The van der Waals surface area contributed by atoms with Crippen LogP contribution < -0.4 is 5.32 Å². The Morgan fingerprint density at radius 2 is 2.19 bits per heavy atom. The Bertz CT molecular complexity index is 482. The molecule has 0 bridgehead atoms. The van der Waals surface area contributed by atoms with Gasteiger partial charge in [0.15, 0.2) is 0 Å². The summed E-state index contributed by atoms with van der Waals surface area (Å²) in [7, 11) is 0. The molecule has 2 aromatic rings. The third kappa shape index (κ3) is 2.49. The zero-order chi connectivity index (χ0) is 11.4. The van der Waals surface area contributed by atoms with Gasteiger partial charge in [-0.1, -0.05) is 34.1 Å². The van der Waals surface area contributed by atoms with E-state index in [-0.39, 0.29) is 5.91 Å². The van der Waals surface area contributed by atoms with Crippen LogP contribution >= 0.6 is 15.9 Å². The second-order valence-corrected chi connectivity index (χ2v) is 4.10. The molecule has 4 nitrogen and oxygen atoms in total. The number of hydrogen-bond donors (Lipinski definition) is 2. The number of carbonyl (C=O) groups excluding carboxylic acids is 1. The lowest BCUT2D eigenvalue weighted by atomic mass is 10.2. The Morgan fingerprint density at radius 3 is 2.88 bits per heavy atom. The summed E-state index contributed by atoms with van der Waals surface area (Å²) in [4.78, 5) is 11.6. The Balaban J connectivity index is 1.98. The summed E-state index contributed by atoms with van der Waals surface area (Å²) in [6, 6.07) is 9.40. The minimum atomic E-state index is -0.159. The van der Waals surface area contributed by atoms with E-state index < -0.39 is 0 Å². The molecule has 0 aliphatic rings. The third-order valence-electron chi connectivity index (χ3n) is 2.14. The minimum Gasteiger partial charge on any atom is -0.347 e. The summed E-state index contributed by atoms with van der Waals surface area (Å²) in [5.74, 6) is -0.159. The maximum Gasteiger partial charge on any atom is 0.269 e. The first-order valence-corrected chi connectivity index (χ1v) is 5.57. The number of H-pyrrole nitrogens is 1. The molecule has 0 spiro atoms. The predicted octanol–water partition coefficient (Wildman–Crippen LogP) is 2.10. The molecular formula is C11H10BrN3O. The number of hydrogen-bond acceptors (Lipinski definition) is 2. The first-order chi connectivity index (χ1) is 7.77. The number of halogens is 1. The number of amides is 1. The van der Waals surface area contributed by atoms with Gasteiger partial charge in [0.1, 0.15) is 5.69 Å². The van der Waals surface area contributed by atoms with E-state index in [1.54, 1.807) is 12.3 Å². The highest BCUT2D eigenvalue weighted by Crippen LogP contribution is 2.15. The maximum absolute atomic E-state index is 11.6. The van der Waals surface area contributed by atoms with E-state index in [4.69, 9.17) is 0 Å². The maximum atomic E-state index is 11.6. The minimum absolute atomic E-state index is 0.159. The Kier molecular flexibility index (Phi) is 3.36. The van der Waals surface area contributed by atoms with Crippen molar-refractivity contribution in [2.45, 2.75) is 6.54 Å². The van der Waals surface area contributed by atoms with Crippen LogP contribution in [0.5, 0.6) is 0 Å². The van der Waals surface area contributed by atoms with E-state index in [1.807, 2.05) is 24.3 Å². The fourth-order valence-corrected chi connectivity index (χ4v) is 1.72. The SMILES string of the molecule is O=C(NCc1ccccc1Br)c1ccn[nH]1. The van der Waals surface area contributed by atoms with Gasteiger partial charge in [-0.2, -0.15) is 5.10 Å². The molecule has 1 aromatic heterocycles. The molecule has 0 atom stereocenters. The van der Waals surface area contributed by atoms with Gasteiger partial charge < -0.3 is 5.32 Å². The topological polar surface area (TPSA) is 57.8 Å². The molecule has 1 aromatic carbocycles. The standard InChI is InChI=1S/C11H10BrN3O/c12-9-4-2-1-3-8(9)7-13-11(16)10-5-6-14-15-10/h1-6H,7H2,(H,13,16)(H,14,15). The Hall–Kier alpha value is -1.62. The van der Waals surface area contributed by atoms with Crippen molar-refractivity contribution in [1.82, 2.24) is 15.5 Å². The van der Waals surface area contributed by atoms with E-state index >= 15 is 0 Å². The van der Waals surface area contributed by atoms with Crippen LogP contribution in [0.4, 0.5) is 0 Å². The number of benzene rings is 1. The molecule has 0 radical (unpaired) electrons. The van der Waals surface area contributed by atoms with Crippen molar-refractivity contribution in [1.29, 1.82) is 0 Å². The normalized spacial score (nSPS) is 10.1. The van der Waals surface area contributed by atoms with E-state index in [9.17, 15) is 4.79 Å². The second-order valence-electron chi connectivity index (χ2n) is 3.24. The van der Waals surface area contributed by atoms with E-state index in [1.165, 1.54) is 0 Å². The van der Waals surface area contributed by atoms with Crippen LogP contribution in [0.2, 0.25) is 0 Å². The lowest BCUT2D eigenvalue weighted by Gasteiger charge is -2.05. The molecule has 82 valence electrons. The molecule has 2 N–H and O–H groups in total. The van der Waals surface area contributed by atoms with E-state index in [2.05, 4.69) is 31.4 Å². The Morgan fingerprint density at radius 1 is 1.38 bits per heavy atom. The zero-order valence-electron chi connectivity index (χ0n) is 8.40. The van der Waals surface area contributed by atoms with Gasteiger partial charge in [-0.25, -0.2) is 0 Å². The van der Waals surface area contributed by atoms with Crippen molar-refractivity contribution in [3.05, 3.63) is 52.3 Å². The lowest BCUT2D eigenvalue weighted by molar-refractivity contribution is 0.0946. The van der Waals surface area contributed by atoms with Crippen LogP contribution in [-0.2, 0) is 6.54 Å². The number of aromatic nitrogens is 2. The van der Waals surface area contributed by atoms with Crippen LogP contribution in [0.25, 0.3) is 0 Å². The Labute approximate surface area is 101 Å². The highest BCUT2D eigenvalue weighted by molar-refractivity contribution is 9.10. The van der Waals surface area contributed by atoms with Crippen LogP contribution in [0, 0.1) is 0 Å². The summed E-state index contributed by atoms with van der Waals surface area (Å²) in [6.45, 7) is 0.485.